The van der Waals surface area contributed by atoms with Crippen LogP contribution in [0.4, 0.5) is 4.39 Å². The molecule has 0 aliphatic heterocycles. The number of aromatic nitrogens is 4. The Morgan fingerprint density at radius 2 is 1.83 bits per heavy atom. The first-order chi connectivity index (χ1) is 17.0. The number of aryl methyl sites for hydroxylation is 1. The van der Waals surface area contributed by atoms with Crippen LogP contribution in [0.3, 0.4) is 0 Å². The quantitative estimate of drug-likeness (QED) is 0.132. The number of para-hydroxylation sites is 3. The molecule has 2 aromatic carbocycles. The average Bonchev–Trinajstić information content (AvgIpc) is 3.41. The number of ether oxygens (including phenoxy) is 1. The van der Waals surface area contributed by atoms with Gasteiger partial charge in [0.15, 0.2) is 14.8 Å². The summed E-state index contributed by atoms with van der Waals surface area (Å²) in [5, 5.41) is 3.28. The first-order valence-electron chi connectivity index (χ1n) is 10.7. The molecule has 6 nitrogen and oxygen atoms in total. The van der Waals surface area contributed by atoms with Gasteiger partial charge in [-0.25, -0.2) is 14.4 Å². The normalized spacial score (nSPS) is 11.3. The highest BCUT2D eigenvalue weighted by molar-refractivity contribution is 7.98. The van der Waals surface area contributed by atoms with Gasteiger partial charge in [0, 0.05) is 11.1 Å². The summed E-state index contributed by atoms with van der Waals surface area (Å²) in [6, 6.07) is 13.7. The molecule has 3 heterocycles. The fourth-order valence-electron chi connectivity index (χ4n) is 3.62. The predicted molar refractivity (Wildman–Crippen MR) is 143 cm³/mol. The molecular formula is C24H19FN4O2S4. The van der Waals surface area contributed by atoms with E-state index in [0.29, 0.717) is 43.3 Å². The Balaban J connectivity index is 1.76. The fourth-order valence-corrected chi connectivity index (χ4v) is 6.52. The van der Waals surface area contributed by atoms with E-state index in [1.807, 2.05) is 43.5 Å². The van der Waals surface area contributed by atoms with Gasteiger partial charge in [0.1, 0.15) is 16.3 Å². The minimum absolute atomic E-state index is 0.143. The Hall–Kier alpha value is -2.86. The molecular weight excluding hydrogens is 524 g/mol. The second kappa shape index (κ2) is 10.0. The zero-order valence-electron chi connectivity index (χ0n) is 18.7. The molecule has 0 spiro atoms. The van der Waals surface area contributed by atoms with Crippen LogP contribution in [-0.4, -0.2) is 25.7 Å². The number of benzene rings is 2. The molecule has 11 heteroatoms. The lowest BCUT2D eigenvalue weighted by Crippen LogP contribution is -2.22. The van der Waals surface area contributed by atoms with Gasteiger partial charge in [0.05, 0.1) is 28.7 Å². The van der Waals surface area contributed by atoms with Gasteiger partial charge in [-0.1, -0.05) is 47.4 Å². The lowest BCUT2D eigenvalue weighted by Gasteiger charge is -2.14. The van der Waals surface area contributed by atoms with Crippen LogP contribution in [0.2, 0.25) is 0 Å². The van der Waals surface area contributed by atoms with E-state index in [1.165, 1.54) is 22.4 Å². The zero-order valence-corrected chi connectivity index (χ0v) is 22.0. The Bertz CT molecular complexity index is 1650. The molecule has 0 aliphatic rings. The van der Waals surface area contributed by atoms with Gasteiger partial charge in [0.2, 0.25) is 0 Å². The van der Waals surface area contributed by atoms with E-state index in [9.17, 15) is 9.18 Å². The van der Waals surface area contributed by atoms with Gasteiger partial charge in [0.25, 0.3) is 5.56 Å². The number of rotatable bonds is 7. The van der Waals surface area contributed by atoms with Crippen LogP contribution in [-0.2, 0) is 5.75 Å². The highest BCUT2D eigenvalue weighted by Gasteiger charge is 2.22. The maximum absolute atomic E-state index is 14.8. The summed E-state index contributed by atoms with van der Waals surface area (Å²) in [5.74, 6) is 0.613. The van der Waals surface area contributed by atoms with Crippen LogP contribution in [0.1, 0.15) is 17.6 Å². The van der Waals surface area contributed by atoms with E-state index < -0.39 is 5.82 Å². The Morgan fingerprint density at radius 1 is 1.09 bits per heavy atom. The SMILES string of the molecule is CCOc1ccccc1-n1c(=S)sc2c(=O)n(-c3ccccc3F)c(SCc3csc(C)n3)nc21. The first kappa shape index (κ1) is 23.9. The first-order valence-corrected chi connectivity index (χ1v) is 13.8. The molecule has 0 aliphatic carbocycles. The third kappa shape index (κ3) is 4.56. The number of thioether (sulfide) groups is 1. The van der Waals surface area contributed by atoms with Crippen LogP contribution in [0.15, 0.2) is 63.9 Å². The van der Waals surface area contributed by atoms with E-state index in [1.54, 1.807) is 34.1 Å². The van der Waals surface area contributed by atoms with Crippen molar-refractivity contribution in [3.05, 3.63) is 84.7 Å². The lowest BCUT2D eigenvalue weighted by molar-refractivity contribution is 0.339. The molecule has 0 unspecified atom stereocenters. The van der Waals surface area contributed by atoms with Gasteiger partial charge < -0.3 is 4.74 Å². The number of hydrogen-bond acceptors (Lipinski definition) is 8. The molecule has 0 bridgehead atoms. The summed E-state index contributed by atoms with van der Waals surface area (Å²) in [4.78, 5) is 23.1. The number of hydrogen-bond donors (Lipinski definition) is 0. The van der Waals surface area contributed by atoms with Crippen molar-refractivity contribution < 1.29 is 9.13 Å². The van der Waals surface area contributed by atoms with Gasteiger partial charge in [-0.15, -0.1) is 11.3 Å². The molecule has 0 fully saturated rings. The van der Waals surface area contributed by atoms with Gasteiger partial charge >= 0.3 is 0 Å². The molecule has 0 radical (unpaired) electrons. The summed E-state index contributed by atoms with van der Waals surface area (Å²) in [5.41, 5.74) is 1.76. The second-order valence-corrected chi connectivity index (χ2v) is 11.0. The smallest absolute Gasteiger partial charge is 0.278 e. The number of fused-ring (bicyclic) bond motifs is 1. The monoisotopic (exact) mass is 542 g/mol. The van der Waals surface area contributed by atoms with Crippen molar-refractivity contribution in [3.8, 4) is 17.1 Å². The van der Waals surface area contributed by atoms with E-state index in [-0.39, 0.29) is 11.2 Å². The molecule has 0 N–H and O–H groups in total. The van der Waals surface area contributed by atoms with Crippen LogP contribution < -0.4 is 10.3 Å². The van der Waals surface area contributed by atoms with Crippen molar-refractivity contribution in [1.29, 1.82) is 0 Å². The van der Waals surface area contributed by atoms with Gasteiger partial charge in [-0.05, 0) is 50.3 Å². The highest BCUT2D eigenvalue weighted by atomic mass is 32.2. The van der Waals surface area contributed by atoms with Crippen LogP contribution in [0.25, 0.3) is 21.7 Å². The van der Waals surface area contributed by atoms with Crippen molar-refractivity contribution in [2.75, 3.05) is 6.61 Å². The molecule has 5 aromatic rings. The summed E-state index contributed by atoms with van der Waals surface area (Å²) in [7, 11) is 0. The van der Waals surface area contributed by atoms with Gasteiger partial charge in [-0.2, -0.15) is 0 Å². The molecule has 3 aromatic heterocycles. The Kier molecular flexibility index (Phi) is 6.83. The fraction of sp³-hybridized carbons (Fsp3) is 0.167. The van der Waals surface area contributed by atoms with Crippen LogP contribution >= 0.6 is 46.7 Å². The predicted octanol–water partition coefficient (Wildman–Crippen LogP) is 6.56. The lowest BCUT2D eigenvalue weighted by atomic mass is 10.3. The minimum Gasteiger partial charge on any atom is -0.492 e. The Morgan fingerprint density at radius 3 is 2.54 bits per heavy atom. The van der Waals surface area contributed by atoms with E-state index >= 15 is 0 Å². The number of thiazole rings is 2. The summed E-state index contributed by atoms with van der Waals surface area (Å²) >= 11 is 9.69. The van der Waals surface area contributed by atoms with Crippen molar-refractivity contribution in [2.45, 2.75) is 24.8 Å². The van der Waals surface area contributed by atoms with Crippen molar-refractivity contribution in [3.63, 3.8) is 0 Å². The Labute approximate surface area is 217 Å². The molecule has 0 saturated carbocycles. The number of nitrogens with zero attached hydrogens (tertiary/aromatic N) is 4. The van der Waals surface area contributed by atoms with Crippen LogP contribution in [0.5, 0.6) is 5.75 Å². The topological polar surface area (TPSA) is 61.9 Å². The van der Waals surface area contributed by atoms with Gasteiger partial charge in [-0.3, -0.25) is 13.9 Å². The summed E-state index contributed by atoms with van der Waals surface area (Å²) < 4.78 is 24.5. The second-order valence-electron chi connectivity index (χ2n) is 7.39. The van der Waals surface area contributed by atoms with Crippen molar-refractivity contribution in [2.24, 2.45) is 0 Å². The minimum atomic E-state index is -0.508. The molecule has 0 amide bonds. The maximum atomic E-state index is 14.8. The van der Waals surface area contributed by atoms with Crippen molar-refractivity contribution in [1.82, 2.24) is 19.1 Å². The maximum Gasteiger partial charge on any atom is 0.278 e. The van der Waals surface area contributed by atoms with Crippen molar-refractivity contribution >= 4 is 57.0 Å². The van der Waals surface area contributed by atoms with E-state index in [4.69, 9.17) is 21.9 Å². The zero-order chi connectivity index (χ0) is 24.5. The molecule has 35 heavy (non-hydrogen) atoms. The molecule has 178 valence electrons. The number of halogens is 1. The molecule has 0 atom stereocenters. The van der Waals surface area contributed by atoms with E-state index in [0.717, 1.165) is 22.0 Å². The largest absolute Gasteiger partial charge is 0.492 e. The molecule has 0 saturated heterocycles. The third-order valence-electron chi connectivity index (χ3n) is 5.09. The standard InChI is InChI=1S/C24H19FN4O2S4/c1-3-31-19-11-7-6-10-18(19)28-21-20(35-24(28)32)22(30)29(17-9-5-4-8-16(17)25)23(27-21)34-13-15-12-33-14(2)26-15/h4-12H,3,13H2,1-2H3. The summed E-state index contributed by atoms with van der Waals surface area (Å²) in [6.07, 6.45) is 0. The third-order valence-corrected chi connectivity index (χ3v) is 8.24. The molecule has 5 rings (SSSR count). The highest BCUT2D eigenvalue weighted by Crippen LogP contribution is 2.32. The summed E-state index contributed by atoms with van der Waals surface area (Å²) in [6.45, 7) is 4.32. The van der Waals surface area contributed by atoms with E-state index in [2.05, 4.69) is 4.98 Å². The van der Waals surface area contributed by atoms with Crippen LogP contribution in [0, 0.1) is 16.7 Å². The average molecular weight is 543 g/mol.